The van der Waals surface area contributed by atoms with Crippen LogP contribution in [0.3, 0.4) is 0 Å². The average Bonchev–Trinajstić information content (AvgIpc) is 3.13. The molecule has 0 aliphatic carbocycles. The number of aliphatic carboxylic acids is 2. The molecule has 4 rings (SSSR count). The maximum atomic E-state index is 10.1. The van der Waals surface area contributed by atoms with Gasteiger partial charge in [0.2, 0.25) is 0 Å². The Labute approximate surface area is 304 Å². The summed E-state index contributed by atoms with van der Waals surface area (Å²) in [5.74, 6) is -2.95. The summed E-state index contributed by atoms with van der Waals surface area (Å²) in [6.07, 6.45) is 0.519. The van der Waals surface area contributed by atoms with Gasteiger partial charge < -0.3 is 52.9 Å². The molecule has 0 heterocycles. The molecule has 0 fully saturated rings. The van der Waals surface area contributed by atoms with Crippen LogP contribution >= 0.6 is 0 Å². The van der Waals surface area contributed by atoms with Gasteiger partial charge in [-0.2, -0.15) is 0 Å². The summed E-state index contributed by atoms with van der Waals surface area (Å²) in [5, 5.41) is 38.1. The van der Waals surface area contributed by atoms with Crippen LogP contribution in [0.25, 0.3) is 0 Å². The van der Waals surface area contributed by atoms with Crippen molar-refractivity contribution in [2.75, 3.05) is 13.1 Å². The topological polar surface area (TPSA) is 225 Å². The molecule has 0 aliphatic rings. The number of rotatable bonds is 12. The summed E-state index contributed by atoms with van der Waals surface area (Å²) >= 11 is 0. The normalized spacial score (nSPS) is 13.7. The first kappa shape index (κ1) is 45.3. The number of carbonyl (C=O) groups is 2. The first-order chi connectivity index (χ1) is 22.8. The van der Waals surface area contributed by atoms with Crippen molar-refractivity contribution in [2.24, 2.45) is 22.9 Å². The van der Waals surface area contributed by atoms with Crippen molar-refractivity contribution in [3.63, 3.8) is 0 Å². The number of hydrogen-bond acceptors (Lipinski definition) is 10. The second kappa shape index (κ2) is 24.4. The van der Waals surface area contributed by atoms with E-state index in [0.717, 1.165) is 25.7 Å². The minimum atomic E-state index is -1.52. The maximum Gasteiger partial charge on any atom is 2.00 e. The third-order valence-corrected chi connectivity index (χ3v) is 7.70. The molecule has 0 radical (unpaired) electrons. The van der Waals surface area contributed by atoms with Crippen LogP contribution in [-0.2, 0) is 43.5 Å². The molecule has 11 heteroatoms. The Morgan fingerprint density at radius 3 is 1.02 bits per heavy atom. The molecule has 0 amide bonds. The zero-order valence-corrected chi connectivity index (χ0v) is 30.4. The average molecular weight is 854 g/mol. The van der Waals surface area contributed by atoms with Crippen LogP contribution in [0.15, 0.2) is 121 Å². The van der Waals surface area contributed by atoms with E-state index in [1.165, 1.54) is 35.4 Å². The van der Waals surface area contributed by atoms with Crippen molar-refractivity contribution in [3.8, 4) is 0 Å². The monoisotopic (exact) mass is 853 g/mol. The second-order valence-corrected chi connectivity index (χ2v) is 11.4. The van der Waals surface area contributed by atoms with Crippen LogP contribution in [-0.4, -0.2) is 46.3 Å². The van der Waals surface area contributed by atoms with Gasteiger partial charge in [-0.25, -0.2) is 0 Å². The molecule has 4 aromatic rings. The second-order valence-electron chi connectivity index (χ2n) is 11.4. The van der Waals surface area contributed by atoms with E-state index >= 15 is 0 Å². The minimum absolute atomic E-state index is 0. The maximum absolute atomic E-state index is 10.1. The van der Waals surface area contributed by atoms with Gasteiger partial charge in [0.05, 0.1) is 11.9 Å². The Morgan fingerprint density at radius 2 is 0.816 bits per heavy atom. The van der Waals surface area contributed by atoms with Crippen LogP contribution in [0.2, 0.25) is 0 Å². The van der Waals surface area contributed by atoms with Crippen molar-refractivity contribution >= 4 is 11.9 Å². The fourth-order valence-electron chi connectivity index (χ4n) is 4.23. The van der Waals surface area contributed by atoms with E-state index in [1.807, 2.05) is 36.4 Å². The molecule has 10 nitrogen and oxygen atoms in total. The van der Waals surface area contributed by atoms with Crippen molar-refractivity contribution < 1.29 is 51.1 Å². The first-order valence-electron chi connectivity index (χ1n) is 15.8. The number of aliphatic hydroxyl groups excluding tert-OH is 2. The quantitative estimate of drug-likeness (QED) is 0.121. The molecule has 0 saturated heterocycles. The zero-order chi connectivity index (χ0) is 36.0. The molecule has 10 N–H and O–H groups in total. The number of nitrogens with two attached hydrogens (primary N) is 4. The summed E-state index contributed by atoms with van der Waals surface area (Å²) < 4.78 is 0. The van der Waals surface area contributed by atoms with Crippen LogP contribution < -0.4 is 33.1 Å². The molecule has 49 heavy (non-hydrogen) atoms. The van der Waals surface area contributed by atoms with Gasteiger partial charge in [0.25, 0.3) is 0 Å². The van der Waals surface area contributed by atoms with E-state index in [9.17, 15) is 19.8 Å². The number of carbonyl (C=O) groups excluding carboxylic acids is 2. The van der Waals surface area contributed by atoms with E-state index in [-0.39, 0.29) is 32.1 Å². The minimum Gasteiger partial charge on any atom is -0.547 e. The Bertz CT molecular complexity index is 1320. The van der Waals surface area contributed by atoms with E-state index in [1.54, 1.807) is 36.4 Å². The van der Waals surface area contributed by atoms with E-state index < -0.39 is 24.1 Å². The van der Waals surface area contributed by atoms with Crippen LogP contribution in [0.5, 0.6) is 0 Å². The number of carboxylic acid groups (broad SMARTS) is 2. The van der Waals surface area contributed by atoms with Gasteiger partial charge in [0.1, 0.15) is 12.2 Å². The zero-order valence-electron chi connectivity index (χ0n) is 28.1. The Kier molecular flexibility index (Phi) is 22.6. The van der Waals surface area contributed by atoms with Gasteiger partial charge in [-0.3, -0.25) is 0 Å². The molecular weight excluding hydrogens is 804 g/mol. The van der Waals surface area contributed by atoms with Gasteiger partial charge in [0, 0.05) is 24.2 Å². The summed E-state index contributed by atoms with van der Waals surface area (Å²) in [5.41, 5.74) is 26.2. The van der Waals surface area contributed by atoms with Crippen LogP contribution in [0, 0.1) is 0 Å². The summed E-state index contributed by atoms with van der Waals surface area (Å²) in [7, 11) is 0. The van der Waals surface area contributed by atoms with Crippen molar-refractivity contribution in [3.05, 3.63) is 144 Å². The van der Waals surface area contributed by atoms with Crippen molar-refractivity contribution in [1.82, 2.24) is 0 Å². The third kappa shape index (κ3) is 18.0. The third-order valence-electron chi connectivity index (χ3n) is 7.70. The fourth-order valence-corrected chi connectivity index (χ4v) is 4.23. The molecule has 0 bridgehead atoms. The Hall–Kier alpha value is -3.73. The predicted molar refractivity (Wildman–Crippen MR) is 186 cm³/mol. The molecule has 4 atom stereocenters. The van der Waals surface area contributed by atoms with E-state index in [2.05, 4.69) is 38.1 Å². The van der Waals surface area contributed by atoms with Crippen LogP contribution in [0.4, 0.5) is 0 Å². The van der Waals surface area contributed by atoms with Gasteiger partial charge >= 0.3 is 21.1 Å². The van der Waals surface area contributed by atoms with Crippen molar-refractivity contribution in [2.45, 2.75) is 62.8 Å². The fraction of sp³-hybridized carbons (Fsp3) is 0.316. The van der Waals surface area contributed by atoms with E-state index in [4.69, 9.17) is 33.1 Å². The molecule has 0 aliphatic heterocycles. The standard InChI is InChI=1S/2C11H18N2.2C8H8O3.Pt/c2*1-2-11(13,9-12)8-10-6-4-3-5-7-10;2*9-7(8(10)11)6-4-2-1-3-5-6;/h2*3-7H,2,8-9,12-13H2,1H3;2*1-5,7,9H,(H,10,11);/q;;;;+2/p-2. The number of benzene rings is 4. The molecular formula is C38H50N4O6Pt. The predicted octanol–water partition coefficient (Wildman–Crippen LogP) is 1.53. The smallest absolute Gasteiger partial charge is 0.547 e. The molecule has 268 valence electrons. The summed E-state index contributed by atoms with van der Waals surface area (Å²) in [6, 6.07) is 36.7. The number of carboxylic acids is 2. The van der Waals surface area contributed by atoms with E-state index in [0.29, 0.717) is 24.2 Å². The van der Waals surface area contributed by atoms with Gasteiger partial charge in [0.15, 0.2) is 0 Å². The molecule has 0 saturated carbocycles. The SMILES string of the molecule is CCC(N)(CN)Cc1ccccc1.CCC(N)(CN)Cc1ccccc1.O=C([O-])C(O)c1ccccc1.O=C([O-])C(O)c1ccccc1.[Pt+2]. The van der Waals surface area contributed by atoms with Gasteiger partial charge in [-0.1, -0.05) is 135 Å². The Morgan fingerprint density at radius 1 is 0.571 bits per heavy atom. The number of hydrogen-bond donors (Lipinski definition) is 6. The van der Waals surface area contributed by atoms with Gasteiger partial charge in [-0.05, 0) is 47.9 Å². The molecule has 4 aromatic carbocycles. The molecule has 0 spiro atoms. The number of aliphatic hydroxyl groups is 2. The summed E-state index contributed by atoms with van der Waals surface area (Å²) in [6.45, 7) is 5.24. The Balaban J connectivity index is 0.000000625. The van der Waals surface area contributed by atoms with Crippen LogP contribution in [0.1, 0.15) is 61.2 Å². The summed E-state index contributed by atoms with van der Waals surface area (Å²) in [4.78, 5) is 20.3. The van der Waals surface area contributed by atoms with Crippen molar-refractivity contribution in [1.29, 1.82) is 0 Å². The first-order valence-corrected chi connectivity index (χ1v) is 15.8. The molecule has 4 unspecified atom stereocenters. The van der Waals surface area contributed by atoms with Gasteiger partial charge in [-0.15, -0.1) is 0 Å². The largest absolute Gasteiger partial charge is 2.00 e. The molecule has 0 aromatic heterocycles.